The fourth-order valence-corrected chi connectivity index (χ4v) is 4.73. The molecule has 1 saturated heterocycles. The second-order valence-electron chi connectivity index (χ2n) is 7.51. The summed E-state index contributed by atoms with van der Waals surface area (Å²) in [6.07, 6.45) is 1.91. The molecule has 1 amide bonds. The first kappa shape index (κ1) is 21.5. The first-order valence-corrected chi connectivity index (χ1v) is 11.3. The van der Waals surface area contributed by atoms with Gasteiger partial charge in [-0.15, -0.1) is 0 Å². The summed E-state index contributed by atoms with van der Waals surface area (Å²) in [7, 11) is -3.82. The molecule has 0 aromatic heterocycles. The molecule has 2 aromatic rings. The average Bonchev–Trinajstić information content (AvgIpc) is 3.20. The smallest absolute Gasteiger partial charge is 0.243 e. The molecule has 3 rings (SSSR count). The van der Waals surface area contributed by atoms with Gasteiger partial charge in [-0.25, -0.2) is 8.42 Å². The van der Waals surface area contributed by atoms with Gasteiger partial charge in [0.05, 0.1) is 17.5 Å². The van der Waals surface area contributed by atoms with Crippen LogP contribution < -0.4 is 5.32 Å². The second kappa shape index (κ2) is 9.52. The summed E-state index contributed by atoms with van der Waals surface area (Å²) in [5.41, 5.74) is 2.86. The van der Waals surface area contributed by atoms with E-state index >= 15 is 0 Å². The van der Waals surface area contributed by atoms with Crippen molar-refractivity contribution in [2.75, 3.05) is 19.7 Å². The van der Waals surface area contributed by atoms with Crippen LogP contribution in [0.1, 0.15) is 29.5 Å². The standard InChI is InChI=1S/C22H28N2O4S/c1-17-8-10-21(11-9-17)29(26,27)24(15-19-6-3-5-18(2)13-19)16-22(25)23-14-20-7-4-12-28-20/h3,5-6,8-11,13,20H,4,7,12,14-16H2,1-2H3,(H,23,25)/t20-/m0/s1. The van der Waals surface area contributed by atoms with E-state index in [0.717, 1.165) is 29.5 Å². The van der Waals surface area contributed by atoms with Crippen LogP contribution in [0.2, 0.25) is 0 Å². The number of benzene rings is 2. The van der Waals surface area contributed by atoms with Crippen molar-refractivity contribution in [3.63, 3.8) is 0 Å². The minimum absolute atomic E-state index is 0.0119. The van der Waals surface area contributed by atoms with Crippen molar-refractivity contribution in [3.05, 3.63) is 65.2 Å². The molecule has 1 atom stereocenters. The number of nitrogens with one attached hydrogen (secondary N) is 1. The van der Waals surface area contributed by atoms with Crippen LogP contribution >= 0.6 is 0 Å². The van der Waals surface area contributed by atoms with E-state index in [4.69, 9.17) is 4.74 Å². The van der Waals surface area contributed by atoms with E-state index < -0.39 is 10.0 Å². The third kappa shape index (κ3) is 5.88. The summed E-state index contributed by atoms with van der Waals surface area (Å²) in [5, 5.41) is 2.81. The van der Waals surface area contributed by atoms with Crippen LogP contribution in [0.3, 0.4) is 0 Å². The zero-order chi connectivity index (χ0) is 20.9. The predicted octanol–water partition coefficient (Wildman–Crippen LogP) is 2.79. The lowest BCUT2D eigenvalue weighted by atomic mass is 10.1. The van der Waals surface area contributed by atoms with Gasteiger partial charge in [0, 0.05) is 19.7 Å². The molecule has 6 nitrogen and oxygen atoms in total. The number of carbonyl (C=O) groups excluding carboxylic acids is 1. The van der Waals surface area contributed by atoms with E-state index in [1.54, 1.807) is 24.3 Å². The van der Waals surface area contributed by atoms with Crippen LogP contribution in [-0.4, -0.2) is 44.4 Å². The highest BCUT2D eigenvalue weighted by Crippen LogP contribution is 2.19. The van der Waals surface area contributed by atoms with Crippen LogP contribution in [0.4, 0.5) is 0 Å². The first-order valence-electron chi connectivity index (χ1n) is 9.85. The summed E-state index contributed by atoms with van der Waals surface area (Å²) in [4.78, 5) is 12.7. The van der Waals surface area contributed by atoms with Gasteiger partial charge in [0.1, 0.15) is 0 Å². The van der Waals surface area contributed by atoms with Gasteiger partial charge in [-0.05, 0) is 44.4 Å². The summed E-state index contributed by atoms with van der Waals surface area (Å²) in [5.74, 6) is -0.330. The highest BCUT2D eigenvalue weighted by molar-refractivity contribution is 7.89. The maximum atomic E-state index is 13.3. The molecule has 0 unspecified atom stereocenters. The van der Waals surface area contributed by atoms with Crippen LogP contribution in [0, 0.1) is 13.8 Å². The lowest BCUT2D eigenvalue weighted by molar-refractivity contribution is -0.121. The molecule has 0 spiro atoms. The Morgan fingerprint density at radius 2 is 1.90 bits per heavy atom. The number of hydrogen-bond acceptors (Lipinski definition) is 4. The van der Waals surface area contributed by atoms with Gasteiger partial charge in [-0.3, -0.25) is 4.79 Å². The Balaban J connectivity index is 1.78. The SMILES string of the molecule is Cc1ccc(S(=O)(=O)N(CC(=O)NC[C@@H]2CCCO2)Cc2cccc(C)c2)cc1. The molecular formula is C22H28N2O4S. The number of aryl methyl sites for hydroxylation is 2. The number of amides is 1. The molecule has 156 valence electrons. The van der Waals surface area contributed by atoms with Crippen molar-refractivity contribution in [3.8, 4) is 0 Å². The fourth-order valence-electron chi connectivity index (χ4n) is 3.35. The Kier molecular flexibility index (Phi) is 7.05. The maximum absolute atomic E-state index is 13.3. The molecule has 1 aliphatic rings. The summed E-state index contributed by atoms with van der Waals surface area (Å²) >= 11 is 0. The molecule has 1 aliphatic heterocycles. The molecule has 0 aliphatic carbocycles. The van der Waals surface area contributed by atoms with E-state index in [1.165, 1.54) is 4.31 Å². The lowest BCUT2D eigenvalue weighted by Gasteiger charge is -2.22. The number of nitrogens with zero attached hydrogens (tertiary/aromatic N) is 1. The Hall–Kier alpha value is -2.22. The molecule has 0 radical (unpaired) electrons. The van der Waals surface area contributed by atoms with E-state index in [9.17, 15) is 13.2 Å². The van der Waals surface area contributed by atoms with E-state index in [1.807, 2.05) is 38.1 Å². The number of sulfonamides is 1. The monoisotopic (exact) mass is 416 g/mol. The number of hydrogen-bond donors (Lipinski definition) is 1. The molecule has 7 heteroatoms. The Morgan fingerprint density at radius 3 is 2.55 bits per heavy atom. The number of rotatable bonds is 8. The van der Waals surface area contributed by atoms with Gasteiger partial charge in [0.15, 0.2) is 0 Å². The first-order chi connectivity index (χ1) is 13.8. The Morgan fingerprint density at radius 1 is 1.14 bits per heavy atom. The van der Waals surface area contributed by atoms with Gasteiger partial charge >= 0.3 is 0 Å². The van der Waals surface area contributed by atoms with Crippen LogP contribution in [0.5, 0.6) is 0 Å². The highest BCUT2D eigenvalue weighted by atomic mass is 32.2. The highest BCUT2D eigenvalue weighted by Gasteiger charge is 2.27. The molecule has 0 bridgehead atoms. The minimum atomic E-state index is -3.82. The summed E-state index contributed by atoms with van der Waals surface area (Å²) in [6.45, 7) is 4.86. The maximum Gasteiger partial charge on any atom is 0.243 e. The van der Waals surface area contributed by atoms with Gasteiger partial charge in [0.25, 0.3) is 0 Å². The Bertz CT molecular complexity index is 936. The van der Waals surface area contributed by atoms with Crippen molar-refractivity contribution < 1.29 is 17.9 Å². The zero-order valence-corrected chi connectivity index (χ0v) is 17.7. The minimum Gasteiger partial charge on any atom is -0.376 e. The molecule has 29 heavy (non-hydrogen) atoms. The molecule has 1 heterocycles. The molecule has 1 fully saturated rings. The van der Waals surface area contributed by atoms with E-state index in [0.29, 0.717) is 13.2 Å². The predicted molar refractivity (Wildman–Crippen MR) is 112 cm³/mol. The molecule has 2 aromatic carbocycles. The van der Waals surface area contributed by atoms with Gasteiger partial charge in [0.2, 0.25) is 15.9 Å². The largest absolute Gasteiger partial charge is 0.376 e. The van der Waals surface area contributed by atoms with Crippen molar-refractivity contribution in [2.24, 2.45) is 0 Å². The van der Waals surface area contributed by atoms with Crippen molar-refractivity contribution in [1.82, 2.24) is 9.62 Å². The van der Waals surface area contributed by atoms with Gasteiger partial charge in [-0.2, -0.15) is 4.31 Å². The third-order valence-corrected chi connectivity index (χ3v) is 6.78. The van der Waals surface area contributed by atoms with E-state index in [-0.39, 0.29) is 30.0 Å². The normalized spacial score (nSPS) is 16.9. The lowest BCUT2D eigenvalue weighted by Crippen LogP contribution is -2.42. The van der Waals surface area contributed by atoms with Crippen molar-refractivity contribution in [1.29, 1.82) is 0 Å². The number of carbonyl (C=O) groups is 1. The summed E-state index contributed by atoms with van der Waals surface area (Å²) < 4.78 is 33.3. The molecule has 1 N–H and O–H groups in total. The van der Waals surface area contributed by atoms with Crippen molar-refractivity contribution >= 4 is 15.9 Å². The van der Waals surface area contributed by atoms with Crippen LogP contribution in [-0.2, 0) is 26.1 Å². The summed E-state index contributed by atoms with van der Waals surface area (Å²) in [6, 6.07) is 14.3. The van der Waals surface area contributed by atoms with E-state index in [2.05, 4.69) is 5.32 Å². The fraction of sp³-hybridized carbons (Fsp3) is 0.409. The molecule has 0 saturated carbocycles. The third-order valence-electron chi connectivity index (χ3n) is 4.97. The molecular weight excluding hydrogens is 388 g/mol. The quantitative estimate of drug-likeness (QED) is 0.718. The average molecular weight is 417 g/mol. The van der Waals surface area contributed by atoms with Crippen LogP contribution in [0.25, 0.3) is 0 Å². The Labute approximate surface area is 172 Å². The zero-order valence-electron chi connectivity index (χ0n) is 16.9. The van der Waals surface area contributed by atoms with Gasteiger partial charge < -0.3 is 10.1 Å². The topological polar surface area (TPSA) is 75.7 Å². The van der Waals surface area contributed by atoms with Crippen LogP contribution in [0.15, 0.2) is 53.4 Å². The number of ether oxygens (including phenoxy) is 1. The van der Waals surface area contributed by atoms with Crippen molar-refractivity contribution in [2.45, 2.75) is 44.2 Å². The second-order valence-corrected chi connectivity index (χ2v) is 9.45. The van der Waals surface area contributed by atoms with Gasteiger partial charge in [-0.1, -0.05) is 47.5 Å².